The molecule has 3 rings (SSSR count). The number of halogens is 2. The second-order valence-corrected chi connectivity index (χ2v) is 8.42. The van der Waals surface area contributed by atoms with Crippen molar-refractivity contribution in [2.24, 2.45) is 0 Å². The Morgan fingerprint density at radius 1 is 1.15 bits per heavy atom. The highest BCUT2D eigenvalue weighted by atomic mass is 35.5. The second kappa shape index (κ2) is 7.42. The molecule has 0 saturated carbocycles. The largest absolute Gasteiger partial charge is 0.339 e. The molecule has 1 N–H and O–H groups in total. The SMILES string of the molecule is Cc1cccc(C(=O)N2CCCC2)c1NS(=O)(=O)c1ccc(Cl)nc1Cl. The molecule has 2 aromatic rings. The molecule has 0 unspecified atom stereocenters. The highest BCUT2D eigenvalue weighted by Crippen LogP contribution is 2.29. The van der Waals surface area contributed by atoms with Crippen molar-refractivity contribution in [2.75, 3.05) is 17.8 Å². The van der Waals surface area contributed by atoms with E-state index in [1.807, 2.05) is 0 Å². The fourth-order valence-corrected chi connectivity index (χ4v) is 4.67. The molecule has 0 radical (unpaired) electrons. The van der Waals surface area contributed by atoms with Crippen LogP contribution in [0.1, 0.15) is 28.8 Å². The van der Waals surface area contributed by atoms with Crippen molar-refractivity contribution in [3.8, 4) is 0 Å². The summed E-state index contributed by atoms with van der Waals surface area (Å²) in [5.74, 6) is -0.191. The molecule has 0 atom stereocenters. The molecule has 1 amide bonds. The third-order valence-electron chi connectivity index (χ3n) is 4.20. The van der Waals surface area contributed by atoms with Crippen LogP contribution in [0.4, 0.5) is 5.69 Å². The summed E-state index contributed by atoms with van der Waals surface area (Å²) >= 11 is 11.7. The summed E-state index contributed by atoms with van der Waals surface area (Å²) in [7, 11) is -4.04. The number of pyridine rings is 1. The first-order chi connectivity index (χ1) is 12.3. The first-order valence-electron chi connectivity index (χ1n) is 8.03. The number of nitrogens with one attached hydrogen (secondary N) is 1. The van der Waals surface area contributed by atoms with Crippen molar-refractivity contribution in [1.29, 1.82) is 0 Å². The first kappa shape index (κ1) is 18.9. The lowest BCUT2D eigenvalue weighted by atomic mass is 10.1. The highest BCUT2D eigenvalue weighted by Gasteiger charge is 2.26. The van der Waals surface area contributed by atoms with Crippen LogP contribution >= 0.6 is 23.2 Å². The normalized spacial score (nSPS) is 14.5. The van der Waals surface area contributed by atoms with E-state index in [1.165, 1.54) is 12.1 Å². The third-order valence-corrected chi connectivity index (χ3v) is 6.19. The minimum Gasteiger partial charge on any atom is -0.339 e. The van der Waals surface area contributed by atoms with Crippen LogP contribution in [-0.2, 0) is 10.0 Å². The Morgan fingerprint density at radius 2 is 1.85 bits per heavy atom. The monoisotopic (exact) mass is 413 g/mol. The Hall–Kier alpha value is -1.83. The van der Waals surface area contributed by atoms with E-state index in [-0.39, 0.29) is 26.8 Å². The van der Waals surface area contributed by atoms with Crippen molar-refractivity contribution < 1.29 is 13.2 Å². The molecule has 1 aromatic carbocycles. The van der Waals surface area contributed by atoms with Crippen LogP contribution in [0.3, 0.4) is 0 Å². The number of carbonyl (C=O) groups is 1. The number of para-hydroxylation sites is 1. The smallest absolute Gasteiger partial charge is 0.264 e. The predicted molar refractivity (Wildman–Crippen MR) is 101 cm³/mol. The van der Waals surface area contributed by atoms with Crippen LogP contribution in [0.15, 0.2) is 35.2 Å². The van der Waals surface area contributed by atoms with Gasteiger partial charge in [0.1, 0.15) is 10.0 Å². The van der Waals surface area contributed by atoms with E-state index in [9.17, 15) is 13.2 Å². The van der Waals surface area contributed by atoms with Gasteiger partial charge in [-0.2, -0.15) is 0 Å². The minimum absolute atomic E-state index is 0.0924. The van der Waals surface area contributed by atoms with Crippen LogP contribution in [0.5, 0.6) is 0 Å². The molecule has 9 heteroatoms. The quantitative estimate of drug-likeness (QED) is 0.774. The molecule has 1 aliphatic rings. The van der Waals surface area contributed by atoms with Crippen molar-refractivity contribution in [3.05, 3.63) is 51.8 Å². The van der Waals surface area contributed by atoms with Gasteiger partial charge in [0.2, 0.25) is 0 Å². The molecule has 1 aliphatic heterocycles. The van der Waals surface area contributed by atoms with E-state index >= 15 is 0 Å². The summed E-state index contributed by atoms with van der Waals surface area (Å²) in [6.07, 6.45) is 1.90. The molecule has 1 fully saturated rings. The molecular formula is C17H17Cl2N3O3S. The molecule has 0 spiro atoms. The molecule has 26 heavy (non-hydrogen) atoms. The zero-order chi connectivity index (χ0) is 18.9. The molecular weight excluding hydrogens is 397 g/mol. The van der Waals surface area contributed by atoms with Gasteiger partial charge in [-0.15, -0.1) is 0 Å². The number of amides is 1. The maximum absolute atomic E-state index is 12.8. The van der Waals surface area contributed by atoms with Crippen molar-refractivity contribution in [3.63, 3.8) is 0 Å². The molecule has 1 aromatic heterocycles. The van der Waals surface area contributed by atoms with E-state index < -0.39 is 10.0 Å². The summed E-state index contributed by atoms with van der Waals surface area (Å²) < 4.78 is 28.1. The molecule has 2 heterocycles. The minimum atomic E-state index is -4.04. The van der Waals surface area contributed by atoms with Gasteiger partial charge >= 0.3 is 0 Å². The fourth-order valence-electron chi connectivity index (χ4n) is 2.86. The lowest BCUT2D eigenvalue weighted by Gasteiger charge is -2.20. The second-order valence-electron chi connectivity index (χ2n) is 6.03. The van der Waals surface area contributed by atoms with Crippen molar-refractivity contribution in [1.82, 2.24) is 9.88 Å². The predicted octanol–water partition coefficient (Wildman–Crippen LogP) is 3.73. The summed E-state index contributed by atoms with van der Waals surface area (Å²) in [5.41, 5.74) is 1.20. The topological polar surface area (TPSA) is 79.4 Å². The summed E-state index contributed by atoms with van der Waals surface area (Å²) in [4.78, 5) is 18.1. The van der Waals surface area contributed by atoms with Gasteiger partial charge in [0, 0.05) is 13.1 Å². The molecule has 1 saturated heterocycles. The molecule has 0 aliphatic carbocycles. The van der Waals surface area contributed by atoms with E-state index in [1.54, 1.807) is 30.0 Å². The highest BCUT2D eigenvalue weighted by molar-refractivity contribution is 7.92. The Labute approximate surface area is 162 Å². The van der Waals surface area contributed by atoms with Gasteiger partial charge < -0.3 is 4.90 Å². The number of hydrogen-bond donors (Lipinski definition) is 1. The number of likely N-dealkylation sites (tertiary alicyclic amines) is 1. The van der Waals surface area contributed by atoms with Gasteiger partial charge in [-0.3, -0.25) is 9.52 Å². The summed E-state index contributed by atoms with van der Waals surface area (Å²) in [6.45, 7) is 3.08. The zero-order valence-electron chi connectivity index (χ0n) is 14.0. The van der Waals surface area contributed by atoms with Crippen LogP contribution in [0, 0.1) is 6.92 Å². The lowest BCUT2D eigenvalue weighted by molar-refractivity contribution is 0.0794. The van der Waals surface area contributed by atoms with Crippen LogP contribution in [0.25, 0.3) is 0 Å². The van der Waals surface area contributed by atoms with Crippen molar-refractivity contribution in [2.45, 2.75) is 24.7 Å². The maximum Gasteiger partial charge on any atom is 0.264 e. The van der Waals surface area contributed by atoms with Gasteiger partial charge in [-0.25, -0.2) is 13.4 Å². The average Bonchev–Trinajstić information content (AvgIpc) is 3.10. The lowest BCUT2D eigenvalue weighted by Crippen LogP contribution is -2.29. The first-order valence-corrected chi connectivity index (χ1v) is 10.3. The van der Waals surface area contributed by atoms with E-state index in [2.05, 4.69) is 9.71 Å². The number of carbonyl (C=O) groups excluding carboxylic acids is 1. The van der Waals surface area contributed by atoms with E-state index in [4.69, 9.17) is 23.2 Å². The third kappa shape index (κ3) is 3.79. The number of sulfonamides is 1. The molecule has 6 nitrogen and oxygen atoms in total. The fraction of sp³-hybridized carbons (Fsp3) is 0.294. The summed E-state index contributed by atoms with van der Waals surface area (Å²) in [6, 6.07) is 7.71. The zero-order valence-corrected chi connectivity index (χ0v) is 16.3. The number of aryl methyl sites for hydroxylation is 1. The number of rotatable bonds is 4. The summed E-state index contributed by atoms with van der Waals surface area (Å²) in [5, 5.41) is -0.138. The van der Waals surface area contributed by atoms with Crippen LogP contribution in [0.2, 0.25) is 10.3 Å². The van der Waals surface area contributed by atoms with Gasteiger partial charge in [-0.1, -0.05) is 35.3 Å². The number of nitrogens with zero attached hydrogens (tertiary/aromatic N) is 2. The van der Waals surface area contributed by atoms with Crippen LogP contribution < -0.4 is 4.72 Å². The van der Waals surface area contributed by atoms with Gasteiger partial charge in [0.15, 0.2) is 5.15 Å². The van der Waals surface area contributed by atoms with Gasteiger partial charge in [-0.05, 0) is 43.5 Å². The van der Waals surface area contributed by atoms with Crippen molar-refractivity contribution >= 4 is 44.8 Å². The van der Waals surface area contributed by atoms with Gasteiger partial charge in [0.05, 0.1) is 11.3 Å². The molecule has 0 bridgehead atoms. The maximum atomic E-state index is 12.8. The number of aromatic nitrogens is 1. The standard InChI is InChI=1S/C17H17Cl2N3O3S/c1-11-5-4-6-12(17(23)22-9-2-3-10-22)15(11)21-26(24,25)13-7-8-14(18)20-16(13)19/h4-8,21H,2-3,9-10H2,1H3. The Morgan fingerprint density at radius 3 is 2.50 bits per heavy atom. The van der Waals surface area contributed by atoms with Gasteiger partial charge in [0.25, 0.3) is 15.9 Å². The number of benzene rings is 1. The van der Waals surface area contributed by atoms with Crippen LogP contribution in [-0.4, -0.2) is 37.3 Å². The molecule has 138 valence electrons. The van der Waals surface area contributed by atoms with E-state index in [0.29, 0.717) is 24.2 Å². The Bertz CT molecular complexity index is 958. The average molecular weight is 414 g/mol. The number of anilines is 1. The Balaban J connectivity index is 2.00. The Kier molecular flexibility index (Phi) is 5.41. The number of hydrogen-bond acceptors (Lipinski definition) is 4. The van der Waals surface area contributed by atoms with E-state index in [0.717, 1.165) is 12.8 Å².